The first kappa shape index (κ1) is 15.8. The van der Waals surface area contributed by atoms with E-state index < -0.39 is 11.1 Å². The van der Waals surface area contributed by atoms with Crippen LogP contribution >= 0.6 is 11.3 Å². The van der Waals surface area contributed by atoms with Gasteiger partial charge in [-0.2, -0.15) is 13.2 Å². The minimum Gasteiger partial charge on any atom is -0.372 e. The molecule has 7 heteroatoms. The van der Waals surface area contributed by atoms with Crippen molar-refractivity contribution in [3.63, 3.8) is 0 Å². The lowest BCUT2D eigenvalue weighted by atomic mass is 10.1. The van der Waals surface area contributed by atoms with Crippen molar-refractivity contribution in [2.45, 2.75) is 19.2 Å². The van der Waals surface area contributed by atoms with Crippen LogP contribution in [0.25, 0.3) is 0 Å². The number of anilines is 1. The van der Waals surface area contributed by atoms with Crippen LogP contribution in [0.3, 0.4) is 0 Å². The van der Waals surface area contributed by atoms with Gasteiger partial charge in [0.25, 0.3) is 0 Å². The smallest absolute Gasteiger partial charge is 0.372 e. The van der Waals surface area contributed by atoms with E-state index >= 15 is 0 Å². The molecule has 0 aliphatic rings. The van der Waals surface area contributed by atoms with Gasteiger partial charge >= 0.3 is 6.18 Å². The number of nitrogens with zero attached hydrogens (tertiary/aromatic N) is 1. The number of benzene rings is 1. The number of halogens is 3. The van der Waals surface area contributed by atoms with Gasteiger partial charge in [0.1, 0.15) is 4.88 Å². The molecule has 1 atom stereocenters. The van der Waals surface area contributed by atoms with E-state index in [1.807, 2.05) is 37.3 Å². The Morgan fingerprint density at radius 1 is 1.29 bits per heavy atom. The molecule has 1 unspecified atom stereocenters. The number of rotatable bonds is 6. The summed E-state index contributed by atoms with van der Waals surface area (Å²) in [5.41, 5.74) is 0.972. The summed E-state index contributed by atoms with van der Waals surface area (Å²) in [5, 5.41) is 3.14. The maximum atomic E-state index is 12.5. The third kappa shape index (κ3) is 4.44. The second-order valence-corrected chi connectivity index (χ2v) is 5.29. The zero-order chi connectivity index (χ0) is 15.3. The zero-order valence-corrected chi connectivity index (χ0v) is 12.2. The lowest BCUT2D eigenvalue weighted by molar-refractivity contribution is -0.134. The van der Waals surface area contributed by atoms with Crippen molar-refractivity contribution in [2.24, 2.45) is 0 Å². The van der Waals surface area contributed by atoms with Gasteiger partial charge < -0.3 is 10.1 Å². The van der Waals surface area contributed by atoms with E-state index in [0.29, 0.717) is 24.5 Å². The van der Waals surface area contributed by atoms with Gasteiger partial charge in [0.15, 0.2) is 5.13 Å². The largest absolute Gasteiger partial charge is 0.427 e. The maximum Gasteiger partial charge on any atom is 0.427 e. The molecule has 0 bridgehead atoms. The van der Waals surface area contributed by atoms with Crippen molar-refractivity contribution in [2.75, 3.05) is 18.5 Å². The van der Waals surface area contributed by atoms with Crippen LogP contribution < -0.4 is 5.32 Å². The van der Waals surface area contributed by atoms with Crippen LogP contribution in [-0.4, -0.2) is 18.1 Å². The standard InChI is InChI=1S/C14H15F3N2OS/c1-2-20-11(10-6-4-3-5-7-10)8-18-13-19-9-12(21-13)14(15,16)17/h3-7,9,11H,2,8H2,1H3,(H,18,19). The molecule has 0 spiro atoms. The molecule has 0 aliphatic heterocycles. The zero-order valence-electron chi connectivity index (χ0n) is 11.4. The molecule has 1 N–H and O–H groups in total. The molecule has 114 valence electrons. The summed E-state index contributed by atoms with van der Waals surface area (Å²) in [7, 11) is 0. The fraction of sp³-hybridized carbons (Fsp3) is 0.357. The summed E-state index contributed by atoms with van der Waals surface area (Å²) < 4.78 is 43.1. The van der Waals surface area contributed by atoms with E-state index in [-0.39, 0.29) is 11.2 Å². The quantitative estimate of drug-likeness (QED) is 0.860. The van der Waals surface area contributed by atoms with Gasteiger partial charge in [-0.05, 0) is 12.5 Å². The summed E-state index contributed by atoms with van der Waals surface area (Å²) in [4.78, 5) is 3.03. The minimum atomic E-state index is -4.35. The van der Waals surface area contributed by atoms with Gasteiger partial charge in [-0.3, -0.25) is 0 Å². The third-order valence-electron chi connectivity index (χ3n) is 2.76. The number of hydrogen-bond donors (Lipinski definition) is 1. The summed E-state index contributed by atoms with van der Waals surface area (Å²) in [6.45, 7) is 2.76. The molecule has 0 radical (unpaired) electrons. The molecule has 2 aromatic rings. The Hall–Kier alpha value is -1.60. The Morgan fingerprint density at radius 2 is 2.00 bits per heavy atom. The van der Waals surface area contributed by atoms with E-state index in [9.17, 15) is 13.2 Å². The number of aromatic nitrogens is 1. The van der Waals surface area contributed by atoms with Crippen LogP contribution in [0.4, 0.5) is 18.3 Å². The Bertz CT molecular complexity index is 557. The van der Waals surface area contributed by atoms with Gasteiger partial charge in [0.05, 0.1) is 12.3 Å². The summed E-state index contributed by atoms with van der Waals surface area (Å²) in [5.74, 6) is 0. The average molecular weight is 316 g/mol. The first-order valence-electron chi connectivity index (χ1n) is 6.44. The first-order chi connectivity index (χ1) is 10.0. The SMILES string of the molecule is CCOC(CNc1ncc(C(F)(F)F)s1)c1ccccc1. The highest BCUT2D eigenvalue weighted by atomic mass is 32.1. The summed E-state index contributed by atoms with van der Waals surface area (Å²) in [6, 6.07) is 9.53. The molecule has 2 rings (SSSR count). The van der Waals surface area contributed by atoms with Crippen molar-refractivity contribution in [1.29, 1.82) is 0 Å². The summed E-state index contributed by atoms with van der Waals surface area (Å²) >= 11 is 0.592. The second-order valence-electron chi connectivity index (χ2n) is 4.26. The van der Waals surface area contributed by atoms with Crippen LogP contribution in [0.5, 0.6) is 0 Å². The van der Waals surface area contributed by atoms with E-state index in [1.54, 1.807) is 0 Å². The molecular formula is C14H15F3N2OS. The molecule has 0 saturated heterocycles. The van der Waals surface area contributed by atoms with Gasteiger partial charge in [0.2, 0.25) is 0 Å². The van der Waals surface area contributed by atoms with E-state index in [0.717, 1.165) is 11.8 Å². The molecule has 21 heavy (non-hydrogen) atoms. The Balaban J connectivity index is 2.01. The van der Waals surface area contributed by atoms with Gasteiger partial charge in [-0.1, -0.05) is 41.7 Å². The number of thiazole rings is 1. The molecule has 0 aliphatic carbocycles. The summed E-state index contributed by atoms with van der Waals surface area (Å²) in [6.07, 6.45) is -3.74. The monoisotopic (exact) mass is 316 g/mol. The van der Waals surface area contributed by atoms with Crippen molar-refractivity contribution in [3.05, 3.63) is 47.0 Å². The highest BCUT2D eigenvalue weighted by molar-refractivity contribution is 7.15. The Kier molecular flexibility index (Phi) is 5.19. The molecule has 1 heterocycles. The normalized spacial score (nSPS) is 13.1. The van der Waals surface area contributed by atoms with Gasteiger partial charge in [0, 0.05) is 13.2 Å². The van der Waals surface area contributed by atoms with Crippen molar-refractivity contribution < 1.29 is 17.9 Å². The van der Waals surface area contributed by atoms with Crippen LogP contribution in [0.1, 0.15) is 23.5 Å². The van der Waals surface area contributed by atoms with Gasteiger partial charge in [-0.15, -0.1) is 0 Å². The van der Waals surface area contributed by atoms with Crippen molar-refractivity contribution in [3.8, 4) is 0 Å². The molecule has 1 aromatic heterocycles. The highest BCUT2D eigenvalue weighted by Crippen LogP contribution is 2.35. The molecule has 0 fully saturated rings. The number of hydrogen-bond acceptors (Lipinski definition) is 4. The topological polar surface area (TPSA) is 34.1 Å². The number of nitrogens with one attached hydrogen (secondary N) is 1. The van der Waals surface area contributed by atoms with E-state index in [1.165, 1.54) is 0 Å². The fourth-order valence-electron chi connectivity index (χ4n) is 1.81. The highest BCUT2D eigenvalue weighted by Gasteiger charge is 2.33. The number of alkyl halides is 3. The third-order valence-corrected chi connectivity index (χ3v) is 3.76. The maximum absolute atomic E-state index is 12.5. The molecule has 0 saturated carbocycles. The first-order valence-corrected chi connectivity index (χ1v) is 7.25. The molecule has 3 nitrogen and oxygen atoms in total. The average Bonchev–Trinajstić information content (AvgIpc) is 2.93. The predicted octanol–water partition coefficient (Wildman–Crippen LogP) is 4.35. The fourth-order valence-corrected chi connectivity index (χ4v) is 2.50. The van der Waals surface area contributed by atoms with Gasteiger partial charge in [-0.25, -0.2) is 4.98 Å². The van der Waals surface area contributed by atoms with Crippen LogP contribution in [-0.2, 0) is 10.9 Å². The van der Waals surface area contributed by atoms with Crippen molar-refractivity contribution in [1.82, 2.24) is 4.98 Å². The van der Waals surface area contributed by atoms with E-state index in [2.05, 4.69) is 10.3 Å². The lowest BCUT2D eigenvalue weighted by Gasteiger charge is -2.17. The minimum absolute atomic E-state index is 0.227. The molecule has 1 aromatic carbocycles. The Labute approximate surface area is 124 Å². The Morgan fingerprint density at radius 3 is 2.57 bits per heavy atom. The number of ether oxygens (including phenoxy) is 1. The predicted molar refractivity (Wildman–Crippen MR) is 76.4 cm³/mol. The second kappa shape index (κ2) is 6.91. The lowest BCUT2D eigenvalue weighted by Crippen LogP contribution is -2.15. The van der Waals surface area contributed by atoms with E-state index in [4.69, 9.17) is 4.74 Å². The van der Waals surface area contributed by atoms with Crippen LogP contribution in [0, 0.1) is 0 Å². The molecule has 0 amide bonds. The van der Waals surface area contributed by atoms with Crippen LogP contribution in [0.15, 0.2) is 36.5 Å². The van der Waals surface area contributed by atoms with Crippen molar-refractivity contribution >= 4 is 16.5 Å². The molecular weight excluding hydrogens is 301 g/mol. The van der Waals surface area contributed by atoms with Crippen LogP contribution in [0.2, 0.25) is 0 Å².